The number of pyridine rings is 1. The molecule has 118 valence electrons. The number of benzene rings is 2. The zero-order valence-electron chi connectivity index (χ0n) is 13.9. The van der Waals surface area contributed by atoms with Gasteiger partial charge in [-0.05, 0) is 50.1 Å². The van der Waals surface area contributed by atoms with Crippen molar-refractivity contribution in [2.45, 2.75) is 13.8 Å². The summed E-state index contributed by atoms with van der Waals surface area (Å²) in [4.78, 5) is 16.6. The van der Waals surface area contributed by atoms with Crippen LogP contribution < -0.4 is 0 Å². The molecule has 24 heavy (non-hydrogen) atoms. The lowest BCUT2D eigenvalue weighted by Crippen LogP contribution is -2.06. The van der Waals surface area contributed by atoms with Crippen LogP contribution in [0.25, 0.3) is 10.9 Å². The smallest absolute Gasteiger partial charge is 0.340 e. The maximum Gasteiger partial charge on any atom is 0.340 e. The number of nitrogens with zero attached hydrogens (tertiary/aromatic N) is 1. The third kappa shape index (κ3) is 3.28. The molecule has 3 aromatic rings. The Morgan fingerprint density at radius 3 is 2.38 bits per heavy atom. The second kappa shape index (κ2) is 6.55. The van der Waals surface area contributed by atoms with Crippen molar-refractivity contribution in [1.29, 1.82) is 0 Å². The van der Waals surface area contributed by atoms with E-state index in [0.29, 0.717) is 11.3 Å². The van der Waals surface area contributed by atoms with Gasteiger partial charge in [-0.2, -0.15) is 0 Å². The number of ether oxygens (including phenoxy) is 1. The number of aryl methyl sites for hydroxylation is 2. The molecule has 0 unspecified atom stereocenters. The summed E-state index contributed by atoms with van der Waals surface area (Å²) >= 11 is 0. The van der Waals surface area contributed by atoms with Gasteiger partial charge in [-0.3, -0.25) is 0 Å². The standard InChI is InChI=1S/C21H17NO2/c1-14-4-7-16(8-5-14)9-11-20-18(21(23)24-3)13-17-12-15(2)6-10-19(17)22-20/h4-8,10,12-13H,1-3H3. The third-order valence-electron chi connectivity index (χ3n) is 3.75. The normalized spacial score (nSPS) is 10.1. The monoisotopic (exact) mass is 315 g/mol. The van der Waals surface area contributed by atoms with Crippen molar-refractivity contribution in [3.8, 4) is 11.8 Å². The first-order valence-corrected chi connectivity index (χ1v) is 7.65. The Balaban J connectivity index is 2.13. The highest BCUT2D eigenvalue weighted by atomic mass is 16.5. The van der Waals surface area contributed by atoms with Gasteiger partial charge in [0.15, 0.2) is 0 Å². The van der Waals surface area contributed by atoms with Gasteiger partial charge < -0.3 is 4.74 Å². The summed E-state index contributed by atoms with van der Waals surface area (Å²) < 4.78 is 4.88. The lowest BCUT2D eigenvalue weighted by Gasteiger charge is -2.05. The molecule has 0 radical (unpaired) electrons. The molecule has 0 saturated heterocycles. The molecular formula is C21H17NO2. The van der Waals surface area contributed by atoms with Crippen LogP contribution in [0.15, 0.2) is 48.5 Å². The highest BCUT2D eigenvalue weighted by molar-refractivity contribution is 5.96. The highest BCUT2D eigenvalue weighted by Gasteiger charge is 2.13. The summed E-state index contributed by atoms with van der Waals surface area (Å²) in [6.45, 7) is 4.03. The lowest BCUT2D eigenvalue weighted by atomic mass is 10.1. The van der Waals surface area contributed by atoms with E-state index >= 15 is 0 Å². The van der Waals surface area contributed by atoms with Gasteiger partial charge in [-0.25, -0.2) is 9.78 Å². The van der Waals surface area contributed by atoms with Gasteiger partial charge in [0.2, 0.25) is 0 Å². The van der Waals surface area contributed by atoms with Crippen molar-refractivity contribution < 1.29 is 9.53 Å². The predicted molar refractivity (Wildman–Crippen MR) is 95.0 cm³/mol. The number of aromatic nitrogens is 1. The SMILES string of the molecule is COC(=O)c1cc2cc(C)ccc2nc1C#Cc1ccc(C)cc1. The van der Waals surface area contributed by atoms with Crippen LogP contribution in [0.2, 0.25) is 0 Å². The van der Waals surface area contributed by atoms with Crippen molar-refractivity contribution in [3.05, 3.63) is 76.5 Å². The third-order valence-corrected chi connectivity index (χ3v) is 3.75. The maximum atomic E-state index is 12.1. The summed E-state index contributed by atoms with van der Waals surface area (Å²) in [7, 11) is 1.36. The summed E-state index contributed by atoms with van der Waals surface area (Å²) in [5, 5.41) is 0.899. The molecule has 3 nitrogen and oxygen atoms in total. The lowest BCUT2D eigenvalue weighted by molar-refractivity contribution is 0.0600. The van der Waals surface area contributed by atoms with Gasteiger partial charge in [-0.15, -0.1) is 0 Å². The Bertz CT molecular complexity index is 976. The minimum absolute atomic E-state index is 0.384. The van der Waals surface area contributed by atoms with E-state index in [9.17, 15) is 4.79 Å². The second-order valence-corrected chi connectivity index (χ2v) is 5.69. The molecule has 0 aliphatic rings. The molecular weight excluding hydrogens is 298 g/mol. The Labute approximate surface area is 141 Å². The van der Waals surface area contributed by atoms with E-state index in [0.717, 1.165) is 22.0 Å². The van der Waals surface area contributed by atoms with Crippen LogP contribution in [0.3, 0.4) is 0 Å². The van der Waals surface area contributed by atoms with Crippen molar-refractivity contribution in [1.82, 2.24) is 4.98 Å². The molecule has 1 aromatic heterocycles. The largest absolute Gasteiger partial charge is 0.465 e. The van der Waals surface area contributed by atoms with Gasteiger partial charge in [0.25, 0.3) is 0 Å². The predicted octanol–water partition coefficient (Wildman–Crippen LogP) is 4.04. The van der Waals surface area contributed by atoms with Crippen molar-refractivity contribution in [2.75, 3.05) is 7.11 Å². The number of esters is 1. The van der Waals surface area contributed by atoms with Crippen molar-refractivity contribution in [2.24, 2.45) is 0 Å². The Kier molecular flexibility index (Phi) is 4.31. The molecule has 0 aliphatic carbocycles. The molecule has 0 aliphatic heterocycles. The molecule has 1 heterocycles. The van der Waals surface area contributed by atoms with Gasteiger partial charge in [0.1, 0.15) is 5.69 Å². The van der Waals surface area contributed by atoms with Crippen molar-refractivity contribution >= 4 is 16.9 Å². The fourth-order valence-electron chi connectivity index (χ4n) is 2.43. The average molecular weight is 315 g/mol. The summed E-state index contributed by atoms with van der Waals surface area (Å²) in [6, 6.07) is 15.6. The number of hydrogen-bond acceptors (Lipinski definition) is 3. The molecule has 0 atom stereocenters. The molecule has 0 amide bonds. The minimum atomic E-state index is -0.431. The summed E-state index contributed by atoms with van der Waals surface area (Å²) in [5.41, 5.74) is 4.78. The highest BCUT2D eigenvalue weighted by Crippen LogP contribution is 2.19. The number of fused-ring (bicyclic) bond motifs is 1. The van der Waals surface area contributed by atoms with Crippen molar-refractivity contribution in [3.63, 3.8) is 0 Å². The van der Waals surface area contributed by atoms with E-state index in [1.165, 1.54) is 12.7 Å². The number of carbonyl (C=O) groups excluding carboxylic acids is 1. The minimum Gasteiger partial charge on any atom is -0.465 e. The number of hydrogen-bond donors (Lipinski definition) is 0. The summed E-state index contributed by atoms with van der Waals surface area (Å²) in [6.07, 6.45) is 0. The van der Waals surface area contributed by atoms with E-state index < -0.39 is 5.97 Å². The molecule has 0 bridgehead atoms. The molecule has 0 N–H and O–H groups in total. The van der Waals surface area contributed by atoms with E-state index in [-0.39, 0.29) is 0 Å². The van der Waals surface area contributed by atoms with Crippen LogP contribution >= 0.6 is 0 Å². The molecule has 0 fully saturated rings. The van der Waals surface area contributed by atoms with E-state index in [2.05, 4.69) is 16.8 Å². The maximum absolute atomic E-state index is 12.1. The van der Waals surface area contributed by atoms with E-state index in [4.69, 9.17) is 4.74 Å². The molecule has 0 saturated carbocycles. The molecule has 0 spiro atoms. The van der Waals surface area contributed by atoms with Crippen LogP contribution in [-0.4, -0.2) is 18.1 Å². The van der Waals surface area contributed by atoms with Gasteiger partial charge in [0.05, 0.1) is 18.2 Å². The van der Waals surface area contributed by atoms with E-state index in [1.807, 2.05) is 56.3 Å². The fourth-order valence-corrected chi connectivity index (χ4v) is 2.43. The topological polar surface area (TPSA) is 39.2 Å². The summed E-state index contributed by atoms with van der Waals surface area (Å²) in [5.74, 6) is 5.64. The fraction of sp³-hybridized carbons (Fsp3) is 0.143. The number of methoxy groups -OCH3 is 1. The molecule has 3 rings (SSSR count). The van der Waals surface area contributed by atoms with Gasteiger partial charge in [-0.1, -0.05) is 35.2 Å². The quantitative estimate of drug-likeness (QED) is 0.502. The Morgan fingerprint density at radius 1 is 0.958 bits per heavy atom. The molecule has 3 heteroatoms. The Morgan fingerprint density at radius 2 is 1.67 bits per heavy atom. The van der Waals surface area contributed by atoms with Crippen LogP contribution in [0.5, 0.6) is 0 Å². The average Bonchev–Trinajstić information content (AvgIpc) is 2.60. The Hall–Kier alpha value is -3.12. The first kappa shape index (κ1) is 15.8. The van der Waals surface area contributed by atoms with Crippen LogP contribution in [0, 0.1) is 25.7 Å². The van der Waals surface area contributed by atoms with Gasteiger partial charge in [0, 0.05) is 10.9 Å². The first-order chi connectivity index (χ1) is 11.6. The van der Waals surface area contributed by atoms with Gasteiger partial charge >= 0.3 is 5.97 Å². The number of rotatable bonds is 1. The zero-order chi connectivity index (χ0) is 17.1. The van der Waals surface area contributed by atoms with Crippen LogP contribution in [0.1, 0.15) is 32.7 Å². The second-order valence-electron chi connectivity index (χ2n) is 5.69. The zero-order valence-corrected chi connectivity index (χ0v) is 13.9. The molecule has 2 aromatic carbocycles. The first-order valence-electron chi connectivity index (χ1n) is 7.65. The van der Waals surface area contributed by atoms with E-state index in [1.54, 1.807) is 6.07 Å². The number of carbonyl (C=O) groups is 1. The van der Waals surface area contributed by atoms with Crippen LogP contribution in [0.4, 0.5) is 0 Å². The van der Waals surface area contributed by atoms with Crippen LogP contribution in [-0.2, 0) is 4.74 Å².